The molecule has 6 heteroatoms. The first-order chi connectivity index (χ1) is 9.37. The summed E-state index contributed by atoms with van der Waals surface area (Å²) in [6.07, 6.45) is 0.651. The zero-order chi connectivity index (χ0) is 14.9. The molecule has 2 N–H and O–H groups in total. The van der Waals surface area contributed by atoms with Crippen molar-refractivity contribution in [2.24, 2.45) is 17.6 Å². The highest BCUT2D eigenvalue weighted by Crippen LogP contribution is 2.29. The molecule has 1 aromatic carbocycles. The summed E-state index contributed by atoms with van der Waals surface area (Å²) in [7, 11) is -3.56. The van der Waals surface area contributed by atoms with Crippen molar-refractivity contribution < 1.29 is 13.2 Å². The number of sulfonamides is 1. The number of nitrogens with zero attached hydrogens (tertiary/aromatic N) is 1. The monoisotopic (exact) mass is 296 g/mol. The van der Waals surface area contributed by atoms with Crippen molar-refractivity contribution in [3.8, 4) is 0 Å². The summed E-state index contributed by atoms with van der Waals surface area (Å²) in [6, 6.07) is 6.99. The lowest BCUT2D eigenvalue weighted by atomic mass is 9.98. The second-order valence-electron chi connectivity index (χ2n) is 5.27. The number of hydrogen-bond donors (Lipinski definition) is 1. The van der Waals surface area contributed by atoms with Crippen LogP contribution in [-0.2, 0) is 21.2 Å². The maximum absolute atomic E-state index is 12.7. The van der Waals surface area contributed by atoms with Gasteiger partial charge in [0.1, 0.15) is 0 Å². The molecule has 1 aliphatic rings. The normalized spacial score (nSPS) is 23.9. The van der Waals surface area contributed by atoms with E-state index in [1.165, 1.54) is 4.31 Å². The molecule has 2 rings (SSSR count). The van der Waals surface area contributed by atoms with Gasteiger partial charge in [0.2, 0.25) is 15.9 Å². The molecule has 1 amide bonds. The van der Waals surface area contributed by atoms with Crippen LogP contribution in [-0.4, -0.2) is 31.7 Å². The molecule has 20 heavy (non-hydrogen) atoms. The first-order valence-corrected chi connectivity index (χ1v) is 8.19. The minimum Gasteiger partial charge on any atom is -0.369 e. The van der Waals surface area contributed by atoms with Crippen LogP contribution in [0.4, 0.5) is 0 Å². The number of carbonyl (C=O) groups is 1. The lowest BCUT2D eigenvalue weighted by Crippen LogP contribution is -2.32. The average Bonchev–Trinajstić information content (AvgIpc) is 2.81. The van der Waals surface area contributed by atoms with E-state index in [2.05, 4.69) is 0 Å². The van der Waals surface area contributed by atoms with Gasteiger partial charge in [-0.3, -0.25) is 4.79 Å². The second kappa shape index (κ2) is 5.54. The van der Waals surface area contributed by atoms with Crippen molar-refractivity contribution in [1.29, 1.82) is 0 Å². The van der Waals surface area contributed by atoms with Gasteiger partial charge < -0.3 is 5.73 Å². The van der Waals surface area contributed by atoms with E-state index >= 15 is 0 Å². The molecule has 0 bridgehead atoms. The Morgan fingerprint density at radius 3 is 2.55 bits per heavy atom. The summed E-state index contributed by atoms with van der Waals surface area (Å²) in [5.74, 6) is -0.881. The highest BCUT2D eigenvalue weighted by Gasteiger charge is 2.40. The van der Waals surface area contributed by atoms with Gasteiger partial charge in [-0.1, -0.05) is 32.0 Å². The molecule has 1 aliphatic heterocycles. The molecule has 0 saturated carbocycles. The molecule has 1 fully saturated rings. The molecule has 0 spiro atoms. The molecule has 5 nitrogen and oxygen atoms in total. The number of aryl methyl sites for hydroxylation is 1. The average molecular weight is 296 g/mol. The third-order valence-electron chi connectivity index (χ3n) is 3.92. The standard InChI is InChI=1S/C14H20N2O3S/c1-3-11-6-4-5-7-13(11)20(18,19)16-8-10(2)12(9-16)14(15)17/h4-7,10,12H,3,8-9H2,1-2H3,(H2,15,17)/t10-,12-/m1/s1. The lowest BCUT2D eigenvalue weighted by molar-refractivity contribution is -0.122. The summed E-state index contributed by atoms with van der Waals surface area (Å²) < 4.78 is 26.8. The number of rotatable bonds is 4. The van der Waals surface area contributed by atoms with Crippen LogP contribution in [0.2, 0.25) is 0 Å². The van der Waals surface area contributed by atoms with E-state index < -0.39 is 21.8 Å². The number of nitrogens with two attached hydrogens (primary N) is 1. The first kappa shape index (κ1) is 15.0. The van der Waals surface area contributed by atoms with Gasteiger partial charge in [-0.15, -0.1) is 0 Å². The molecule has 1 heterocycles. The van der Waals surface area contributed by atoms with Crippen molar-refractivity contribution >= 4 is 15.9 Å². The third-order valence-corrected chi connectivity index (χ3v) is 5.85. The lowest BCUT2D eigenvalue weighted by Gasteiger charge is -2.18. The van der Waals surface area contributed by atoms with E-state index in [1.807, 2.05) is 26.0 Å². The third kappa shape index (κ3) is 2.58. The number of carbonyl (C=O) groups excluding carboxylic acids is 1. The largest absolute Gasteiger partial charge is 0.369 e. The maximum atomic E-state index is 12.7. The van der Waals surface area contributed by atoms with Gasteiger partial charge >= 0.3 is 0 Å². The topological polar surface area (TPSA) is 80.5 Å². The van der Waals surface area contributed by atoms with E-state index in [9.17, 15) is 13.2 Å². The first-order valence-electron chi connectivity index (χ1n) is 6.75. The van der Waals surface area contributed by atoms with Crippen LogP contribution in [0.1, 0.15) is 19.4 Å². The molecule has 2 atom stereocenters. The van der Waals surface area contributed by atoms with Crippen molar-refractivity contribution in [2.75, 3.05) is 13.1 Å². The Balaban J connectivity index is 2.35. The number of amides is 1. The quantitative estimate of drug-likeness (QED) is 0.899. The smallest absolute Gasteiger partial charge is 0.243 e. The van der Waals surface area contributed by atoms with E-state index in [1.54, 1.807) is 12.1 Å². The van der Waals surface area contributed by atoms with Crippen LogP contribution in [0, 0.1) is 11.8 Å². The zero-order valence-electron chi connectivity index (χ0n) is 11.7. The van der Waals surface area contributed by atoms with Crippen LogP contribution in [0.25, 0.3) is 0 Å². The fourth-order valence-electron chi connectivity index (χ4n) is 2.68. The number of hydrogen-bond acceptors (Lipinski definition) is 3. The number of primary amides is 1. The van der Waals surface area contributed by atoms with Crippen LogP contribution < -0.4 is 5.73 Å². The highest BCUT2D eigenvalue weighted by molar-refractivity contribution is 7.89. The van der Waals surface area contributed by atoms with Crippen molar-refractivity contribution in [1.82, 2.24) is 4.31 Å². The Hall–Kier alpha value is -1.40. The van der Waals surface area contributed by atoms with Crippen LogP contribution >= 0.6 is 0 Å². The second-order valence-corrected chi connectivity index (χ2v) is 7.18. The fraction of sp³-hybridized carbons (Fsp3) is 0.500. The Morgan fingerprint density at radius 2 is 2.00 bits per heavy atom. The summed E-state index contributed by atoms with van der Waals surface area (Å²) in [5, 5.41) is 0. The summed E-state index contributed by atoms with van der Waals surface area (Å²) in [4.78, 5) is 11.7. The van der Waals surface area contributed by atoms with Crippen LogP contribution in [0.3, 0.4) is 0 Å². The minimum absolute atomic E-state index is 0.0453. The van der Waals surface area contributed by atoms with E-state index in [0.29, 0.717) is 17.9 Å². The predicted molar refractivity (Wildman–Crippen MR) is 76.4 cm³/mol. The SMILES string of the molecule is CCc1ccccc1S(=O)(=O)N1C[C@@H](C)[C@H](C(N)=O)C1. The predicted octanol–water partition coefficient (Wildman–Crippen LogP) is 0.991. The van der Waals surface area contributed by atoms with Gasteiger partial charge in [-0.05, 0) is 24.0 Å². The van der Waals surface area contributed by atoms with Crippen molar-refractivity contribution in [2.45, 2.75) is 25.2 Å². The zero-order valence-corrected chi connectivity index (χ0v) is 12.6. The summed E-state index contributed by atoms with van der Waals surface area (Å²) in [5.41, 5.74) is 6.12. The molecule has 0 aliphatic carbocycles. The van der Waals surface area contributed by atoms with E-state index in [4.69, 9.17) is 5.73 Å². The van der Waals surface area contributed by atoms with Crippen LogP contribution in [0.5, 0.6) is 0 Å². The van der Waals surface area contributed by atoms with Crippen LogP contribution in [0.15, 0.2) is 29.2 Å². The van der Waals surface area contributed by atoms with Gasteiger partial charge in [-0.2, -0.15) is 4.31 Å². The van der Waals surface area contributed by atoms with Crippen molar-refractivity contribution in [3.05, 3.63) is 29.8 Å². The molecule has 0 aromatic heterocycles. The molecular formula is C14H20N2O3S. The van der Waals surface area contributed by atoms with Gasteiger partial charge in [0, 0.05) is 13.1 Å². The number of benzene rings is 1. The van der Waals surface area contributed by atoms with E-state index in [0.717, 1.165) is 5.56 Å². The Labute approximate surface area is 119 Å². The Morgan fingerprint density at radius 1 is 1.35 bits per heavy atom. The maximum Gasteiger partial charge on any atom is 0.243 e. The van der Waals surface area contributed by atoms with E-state index in [-0.39, 0.29) is 12.5 Å². The van der Waals surface area contributed by atoms with Gasteiger partial charge in [0.05, 0.1) is 10.8 Å². The summed E-state index contributed by atoms with van der Waals surface area (Å²) >= 11 is 0. The molecule has 1 aromatic rings. The molecular weight excluding hydrogens is 276 g/mol. The molecule has 1 saturated heterocycles. The molecule has 110 valence electrons. The highest BCUT2D eigenvalue weighted by atomic mass is 32.2. The summed E-state index contributed by atoms with van der Waals surface area (Å²) in [6.45, 7) is 4.30. The molecule has 0 radical (unpaired) electrons. The van der Waals surface area contributed by atoms with Crippen molar-refractivity contribution in [3.63, 3.8) is 0 Å². The fourth-order valence-corrected chi connectivity index (χ4v) is 4.54. The Bertz CT molecular complexity index is 613. The Kier molecular flexibility index (Phi) is 4.15. The van der Waals surface area contributed by atoms with Gasteiger partial charge in [0.25, 0.3) is 0 Å². The van der Waals surface area contributed by atoms with Gasteiger partial charge in [-0.25, -0.2) is 8.42 Å². The minimum atomic E-state index is -3.56. The van der Waals surface area contributed by atoms with Gasteiger partial charge in [0.15, 0.2) is 0 Å². The molecule has 0 unspecified atom stereocenters.